The highest BCUT2D eigenvalue weighted by atomic mass is 35.5. The standard InChI is InChI=1S/C21H20ClNO6/c1-27-21(26)18-9-14-5-2-3-6-15(14)11-23(18)19(24)12-29-20(25)13-28-17-8-4-7-16(22)10-17/h2-8,10,18H,9,11-13H2,1H3/t18-/m1/s1. The molecule has 2 aromatic carbocycles. The van der Waals surface area contributed by atoms with Gasteiger partial charge in [0.2, 0.25) is 0 Å². The summed E-state index contributed by atoms with van der Waals surface area (Å²) in [6, 6.07) is 13.4. The van der Waals surface area contributed by atoms with Gasteiger partial charge in [0.15, 0.2) is 13.2 Å². The van der Waals surface area contributed by atoms with E-state index in [9.17, 15) is 14.4 Å². The smallest absolute Gasteiger partial charge is 0.344 e. The monoisotopic (exact) mass is 417 g/mol. The van der Waals surface area contributed by atoms with Crippen molar-refractivity contribution >= 4 is 29.4 Å². The van der Waals surface area contributed by atoms with Gasteiger partial charge in [-0.3, -0.25) is 4.79 Å². The van der Waals surface area contributed by atoms with E-state index in [0.717, 1.165) is 11.1 Å². The zero-order valence-electron chi connectivity index (χ0n) is 15.8. The molecular formula is C21H20ClNO6. The summed E-state index contributed by atoms with van der Waals surface area (Å²) in [6.07, 6.45) is 0.348. The van der Waals surface area contributed by atoms with Crippen molar-refractivity contribution in [2.75, 3.05) is 20.3 Å². The van der Waals surface area contributed by atoms with Gasteiger partial charge >= 0.3 is 11.9 Å². The molecule has 1 atom stereocenters. The summed E-state index contributed by atoms with van der Waals surface area (Å²) in [7, 11) is 1.28. The maximum absolute atomic E-state index is 12.6. The minimum atomic E-state index is -0.760. The molecule has 0 saturated heterocycles. The van der Waals surface area contributed by atoms with Gasteiger partial charge in [0, 0.05) is 18.0 Å². The van der Waals surface area contributed by atoms with Gasteiger partial charge in [0.1, 0.15) is 11.8 Å². The second-order valence-electron chi connectivity index (χ2n) is 6.44. The van der Waals surface area contributed by atoms with Crippen LogP contribution in [0, 0.1) is 0 Å². The maximum Gasteiger partial charge on any atom is 0.344 e. The average Bonchev–Trinajstić information content (AvgIpc) is 2.74. The Hall–Kier alpha value is -3.06. The number of carbonyl (C=O) groups is 3. The number of hydrogen-bond donors (Lipinski definition) is 0. The van der Waals surface area contributed by atoms with Crippen molar-refractivity contribution in [1.29, 1.82) is 0 Å². The summed E-state index contributed by atoms with van der Waals surface area (Å²) >= 11 is 5.85. The van der Waals surface area contributed by atoms with Crippen LogP contribution in [0.4, 0.5) is 0 Å². The highest BCUT2D eigenvalue weighted by Gasteiger charge is 2.35. The van der Waals surface area contributed by atoms with Crippen molar-refractivity contribution in [1.82, 2.24) is 4.90 Å². The number of esters is 2. The first-order chi connectivity index (χ1) is 14.0. The third-order valence-electron chi connectivity index (χ3n) is 4.55. The molecule has 0 aliphatic carbocycles. The van der Waals surface area contributed by atoms with Crippen molar-refractivity contribution < 1.29 is 28.6 Å². The predicted octanol–water partition coefficient (Wildman–Crippen LogP) is 2.39. The van der Waals surface area contributed by atoms with Crippen LogP contribution in [0.5, 0.6) is 5.75 Å². The summed E-state index contributed by atoms with van der Waals surface area (Å²) < 4.78 is 15.1. The first kappa shape index (κ1) is 20.7. The topological polar surface area (TPSA) is 82.1 Å². The van der Waals surface area contributed by atoms with E-state index in [1.165, 1.54) is 12.0 Å². The van der Waals surface area contributed by atoms with Crippen LogP contribution < -0.4 is 4.74 Å². The van der Waals surface area contributed by atoms with Gasteiger partial charge in [-0.25, -0.2) is 9.59 Å². The molecule has 152 valence electrons. The normalized spacial score (nSPS) is 15.2. The maximum atomic E-state index is 12.6. The first-order valence-electron chi connectivity index (χ1n) is 8.96. The van der Waals surface area contributed by atoms with E-state index in [1.54, 1.807) is 24.3 Å². The Bertz CT molecular complexity index is 916. The van der Waals surface area contributed by atoms with E-state index in [2.05, 4.69) is 0 Å². The second kappa shape index (κ2) is 9.43. The molecule has 0 saturated carbocycles. The van der Waals surface area contributed by atoms with Crippen molar-refractivity contribution in [3.05, 3.63) is 64.7 Å². The summed E-state index contributed by atoms with van der Waals surface area (Å²) in [4.78, 5) is 38.1. The fourth-order valence-electron chi connectivity index (χ4n) is 3.10. The number of nitrogens with zero attached hydrogens (tertiary/aromatic N) is 1. The van der Waals surface area contributed by atoms with Gasteiger partial charge in [0.05, 0.1) is 7.11 Å². The Kier molecular flexibility index (Phi) is 6.72. The lowest BCUT2D eigenvalue weighted by Gasteiger charge is -2.35. The third-order valence-corrected chi connectivity index (χ3v) is 4.79. The van der Waals surface area contributed by atoms with E-state index in [0.29, 0.717) is 17.2 Å². The Morgan fingerprint density at radius 2 is 1.83 bits per heavy atom. The molecule has 1 heterocycles. The largest absolute Gasteiger partial charge is 0.482 e. The number of amides is 1. The fraction of sp³-hybridized carbons (Fsp3) is 0.286. The number of benzene rings is 2. The fourth-order valence-corrected chi connectivity index (χ4v) is 3.28. The molecule has 0 unspecified atom stereocenters. The third kappa shape index (κ3) is 5.26. The lowest BCUT2D eigenvalue weighted by atomic mass is 9.94. The molecule has 0 N–H and O–H groups in total. The minimum Gasteiger partial charge on any atom is -0.482 e. The molecule has 1 amide bonds. The number of halogens is 1. The van der Waals surface area contributed by atoms with Crippen LogP contribution in [-0.4, -0.2) is 49.1 Å². The van der Waals surface area contributed by atoms with Crippen molar-refractivity contribution in [2.24, 2.45) is 0 Å². The van der Waals surface area contributed by atoms with Gasteiger partial charge in [-0.1, -0.05) is 41.9 Å². The summed E-state index contributed by atoms with van der Waals surface area (Å²) in [6.45, 7) is -0.615. The van der Waals surface area contributed by atoms with Crippen LogP contribution in [0.1, 0.15) is 11.1 Å². The number of hydrogen-bond acceptors (Lipinski definition) is 6. The lowest BCUT2D eigenvalue weighted by molar-refractivity contribution is -0.160. The van der Waals surface area contributed by atoms with E-state index in [1.807, 2.05) is 24.3 Å². The van der Waals surface area contributed by atoms with Crippen molar-refractivity contribution in [3.63, 3.8) is 0 Å². The van der Waals surface area contributed by atoms with Crippen LogP contribution in [0.25, 0.3) is 0 Å². The van der Waals surface area contributed by atoms with Crippen molar-refractivity contribution in [3.8, 4) is 5.75 Å². The Morgan fingerprint density at radius 3 is 2.55 bits per heavy atom. The Morgan fingerprint density at radius 1 is 1.07 bits per heavy atom. The molecule has 0 fully saturated rings. The molecule has 29 heavy (non-hydrogen) atoms. The minimum absolute atomic E-state index is 0.241. The molecule has 1 aliphatic heterocycles. The van der Waals surface area contributed by atoms with Gasteiger partial charge in [-0.15, -0.1) is 0 Å². The molecule has 0 bridgehead atoms. The number of ether oxygens (including phenoxy) is 3. The molecule has 0 aromatic heterocycles. The highest BCUT2D eigenvalue weighted by molar-refractivity contribution is 6.30. The van der Waals surface area contributed by atoms with E-state index in [-0.39, 0.29) is 13.2 Å². The van der Waals surface area contributed by atoms with E-state index >= 15 is 0 Å². The molecular weight excluding hydrogens is 398 g/mol. The van der Waals surface area contributed by atoms with Gasteiger partial charge in [-0.2, -0.15) is 0 Å². The first-order valence-corrected chi connectivity index (χ1v) is 9.34. The molecule has 7 nitrogen and oxygen atoms in total. The van der Waals surface area contributed by atoms with E-state index < -0.39 is 30.5 Å². The second-order valence-corrected chi connectivity index (χ2v) is 6.88. The molecule has 0 radical (unpaired) electrons. The average molecular weight is 418 g/mol. The summed E-state index contributed by atoms with van der Waals surface area (Å²) in [5, 5.41) is 0.477. The summed E-state index contributed by atoms with van der Waals surface area (Å²) in [5.41, 5.74) is 1.93. The molecule has 0 spiro atoms. The van der Waals surface area contributed by atoms with Crippen LogP contribution in [0.2, 0.25) is 5.02 Å². The van der Waals surface area contributed by atoms with Crippen molar-refractivity contribution in [2.45, 2.75) is 19.0 Å². The van der Waals surface area contributed by atoms with Crippen LogP contribution in [0.3, 0.4) is 0 Å². The Balaban J connectivity index is 1.58. The van der Waals surface area contributed by atoms with Gasteiger partial charge in [0.25, 0.3) is 5.91 Å². The highest BCUT2D eigenvalue weighted by Crippen LogP contribution is 2.24. The number of carbonyl (C=O) groups excluding carboxylic acids is 3. The van der Waals surface area contributed by atoms with E-state index in [4.69, 9.17) is 25.8 Å². The SMILES string of the molecule is COC(=O)[C@H]1Cc2ccccc2CN1C(=O)COC(=O)COc1cccc(Cl)c1. The van der Waals surface area contributed by atoms with Crippen LogP contribution in [0.15, 0.2) is 48.5 Å². The molecule has 3 rings (SSSR count). The number of methoxy groups -OCH3 is 1. The zero-order chi connectivity index (χ0) is 20.8. The van der Waals surface area contributed by atoms with Crippen LogP contribution >= 0.6 is 11.6 Å². The lowest BCUT2D eigenvalue weighted by Crippen LogP contribution is -2.50. The number of rotatable bonds is 6. The Labute approximate surface area is 173 Å². The molecule has 1 aliphatic rings. The molecule has 8 heteroatoms. The van der Waals surface area contributed by atoms with Crippen LogP contribution in [-0.2, 0) is 36.8 Å². The van der Waals surface area contributed by atoms with Gasteiger partial charge in [-0.05, 0) is 29.3 Å². The number of fused-ring (bicyclic) bond motifs is 1. The summed E-state index contributed by atoms with van der Waals surface area (Å²) in [5.74, 6) is -1.28. The predicted molar refractivity (Wildman–Crippen MR) is 104 cm³/mol. The van der Waals surface area contributed by atoms with Gasteiger partial charge < -0.3 is 19.1 Å². The zero-order valence-corrected chi connectivity index (χ0v) is 16.6. The quantitative estimate of drug-likeness (QED) is 0.671. The molecule has 2 aromatic rings.